The highest BCUT2D eigenvalue weighted by atomic mass is 79.9. The lowest BCUT2D eigenvalue weighted by Crippen LogP contribution is -2.49. The first-order valence-corrected chi connectivity index (χ1v) is 9.20. The van der Waals surface area contributed by atoms with Crippen LogP contribution in [0.25, 0.3) is 0 Å². The standard InChI is InChI=1S/C18H25BrN2O/c19-16-6-4-12(5-7-16)8-9-21-18(22)15-10-13-2-1-3-14(11-15)17(13)20/h4-7,13-15,17H,1-3,8-11,20H2,(H,21,22). The van der Waals surface area contributed by atoms with Gasteiger partial charge in [0.05, 0.1) is 0 Å². The second-order valence-corrected chi connectivity index (χ2v) is 7.78. The van der Waals surface area contributed by atoms with E-state index in [0.717, 1.165) is 30.3 Å². The van der Waals surface area contributed by atoms with Gasteiger partial charge in [-0.1, -0.05) is 34.5 Å². The molecular formula is C18H25BrN2O. The number of benzene rings is 1. The van der Waals surface area contributed by atoms with Crippen LogP contribution in [0.3, 0.4) is 0 Å². The van der Waals surface area contributed by atoms with Crippen LogP contribution in [0.2, 0.25) is 0 Å². The minimum atomic E-state index is 0.181. The SMILES string of the molecule is NC1C2CCCC1CC(C(=O)NCCc1ccc(Br)cc1)C2. The van der Waals surface area contributed by atoms with Gasteiger partial charge in [0.15, 0.2) is 0 Å². The Morgan fingerprint density at radius 2 is 1.82 bits per heavy atom. The lowest BCUT2D eigenvalue weighted by molar-refractivity contribution is -0.127. The van der Waals surface area contributed by atoms with Crippen molar-refractivity contribution in [2.75, 3.05) is 6.54 Å². The summed E-state index contributed by atoms with van der Waals surface area (Å²) in [6.07, 6.45) is 6.57. The van der Waals surface area contributed by atoms with Crippen molar-refractivity contribution in [1.29, 1.82) is 0 Å². The zero-order valence-corrected chi connectivity index (χ0v) is 14.5. The van der Waals surface area contributed by atoms with E-state index in [1.807, 2.05) is 12.1 Å². The number of nitrogens with one attached hydrogen (secondary N) is 1. The summed E-state index contributed by atoms with van der Waals surface area (Å²) in [6.45, 7) is 0.721. The van der Waals surface area contributed by atoms with Crippen molar-refractivity contribution in [1.82, 2.24) is 5.32 Å². The summed E-state index contributed by atoms with van der Waals surface area (Å²) in [6, 6.07) is 8.61. The normalized spacial score (nSPS) is 30.8. The molecule has 0 aromatic heterocycles. The maximum absolute atomic E-state index is 12.4. The van der Waals surface area contributed by atoms with Gasteiger partial charge in [0.2, 0.25) is 5.91 Å². The Bertz CT molecular complexity index is 502. The molecule has 0 spiro atoms. The molecule has 2 fully saturated rings. The van der Waals surface area contributed by atoms with E-state index in [1.165, 1.54) is 24.8 Å². The van der Waals surface area contributed by atoms with Crippen molar-refractivity contribution in [3.63, 3.8) is 0 Å². The van der Waals surface area contributed by atoms with Gasteiger partial charge in [0.25, 0.3) is 0 Å². The van der Waals surface area contributed by atoms with Crippen LogP contribution in [0.15, 0.2) is 28.7 Å². The Balaban J connectivity index is 1.47. The number of amides is 1. The molecule has 120 valence electrons. The highest BCUT2D eigenvalue weighted by Gasteiger charge is 2.40. The molecule has 22 heavy (non-hydrogen) atoms. The van der Waals surface area contributed by atoms with Crippen LogP contribution >= 0.6 is 15.9 Å². The zero-order valence-electron chi connectivity index (χ0n) is 12.9. The largest absolute Gasteiger partial charge is 0.356 e. The minimum Gasteiger partial charge on any atom is -0.356 e. The average Bonchev–Trinajstić information content (AvgIpc) is 2.49. The molecule has 2 bridgehead atoms. The maximum atomic E-state index is 12.4. The quantitative estimate of drug-likeness (QED) is 0.861. The van der Waals surface area contributed by atoms with Crippen molar-refractivity contribution in [3.8, 4) is 0 Å². The molecule has 0 aliphatic heterocycles. The second-order valence-electron chi connectivity index (χ2n) is 6.86. The van der Waals surface area contributed by atoms with Gasteiger partial charge in [-0.2, -0.15) is 0 Å². The van der Waals surface area contributed by atoms with Gasteiger partial charge in [-0.3, -0.25) is 4.79 Å². The smallest absolute Gasteiger partial charge is 0.223 e. The van der Waals surface area contributed by atoms with Gasteiger partial charge in [0.1, 0.15) is 0 Å². The molecule has 0 saturated heterocycles. The summed E-state index contributed by atoms with van der Waals surface area (Å²) in [5.74, 6) is 1.55. The maximum Gasteiger partial charge on any atom is 0.223 e. The number of carbonyl (C=O) groups is 1. The van der Waals surface area contributed by atoms with E-state index in [-0.39, 0.29) is 11.8 Å². The number of hydrogen-bond acceptors (Lipinski definition) is 2. The van der Waals surface area contributed by atoms with E-state index in [1.54, 1.807) is 0 Å². The predicted octanol–water partition coefficient (Wildman–Crippen LogP) is 3.26. The predicted molar refractivity (Wildman–Crippen MR) is 92.4 cm³/mol. The highest BCUT2D eigenvalue weighted by Crippen LogP contribution is 2.41. The van der Waals surface area contributed by atoms with Crippen LogP contribution in [0.5, 0.6) is 0 Å². The molecule has 0 heterocycles. The van der Waals surface area contributed by atoms with Crippen molar-refractivity contribution >= 4 is 21.8 Å². The molecule has 4 heteroatoms. The second kappa shape index (κ2) is 7.14. The van der Waals surface area contributed by atoms with E-state index >= 15 is 0 Å². The number of nitrogens with two attached hydrogens (primary N) is 1. The van der Waals surface area contributed by atoms with E-state index in [4.69, 9.17) is 5.73 Å². The lowest BCUT2D eigenvalue weighted by atomic mass is 9.65. The van der Waals surface area contributed by atoms with E-state index in [0.29, 0.717) is 17.9 Å². The average molecular weight is 365 g/mol. The topological polar surface area (TPSA) is 55.1 Å². The first-order valence-electron chi connectivity index (χ1n) is 8.41. The molecule has 2 aliphatic rings. The number of rotatable bonds is 4. The fourth-order valence-electron chi connectivity index (χ4n) is 4.13. The fourth-order valence-corrected chi connectivity index (χ4v) is 4.39. The summed E-state index contributed by atoms with van der Waals surface area (Å²) < 4.78 is 1.09. The molecular weight excluding hydrogens is 340 g/mol. The molecule has 3 N–H and O–H groups in total. The lowest BCUT2D eigenvalue weighted by Gasteiger charge is -2.43. The molecule has 2 aliphatic carbocycles. The van der Waals surface area contributed by atoms with Crippen LogP contribution in [0, 0.1) is 17.8 Å². The first-order chi connectivity index (χ1) is 10.6. The van der Waals surface area contributed by atoms with Crippen LogP contribution in [-0.2, 0) is 11.2 Å². The Morgan fingerprint density at radius 3 is 2.45 bits per heavy atom. The third kappa shape index (κ3) is 3.72. The Kier molecular flexibility index (Phi) is 5.19. The number of fused-ring (bicyclic) bond motifs is 2. The third-order valence-corrected chi connectivity index (χ3v) is 5.94. The molecule has 1 aromatic carbocycles. The molecule has 2 unspecified atom stereocenters. The summed E-state index contributed by atoms with van der Waals surface area (Å²) in [7, 11) is 0. The van der Waals surface area contributed by atoms with Crippen LogP contribution < -0.4 is 11.1 Å². The first kappa shape index (κ1) is 16.0. The van der Waals surface area contributed by atoms with Crippen molar-refractivity contribution in [2.45, 2.75) is 44.6 Å². The van der Waals surface area contributed by atoms with Gasteiger partial charge < -0.3 is 11.1 Å². The highest BCUT2D eigenvalue weighted by molar-refractivity contribution is 9.10. The minimum absolute atomic E-state index is 0.181. The van der Waals surface area contributed by atoms with E-state index in [2.05, 4.69) is 33.4 Å². The van der Waals surface area contributed by atoms with Gasteiger partial charge in [0, 0.05) is 23.0 Å². The molecule has 3 nitrogen and oxygen atoms in total. The monoisotopic (exact) mass is 364 g/mol. The molecule has 1 amide bonds. The van der Waals surface area contributed by atoms with Gasteiger partial charge in [-0.25, -0.2) is 0 Å². The zero-order chi connectivity index (χ0) is 15.5. The number of hydrogen-bond donors (Lipinski definition) is 2. The Morgan fingerprint density at radius 1 is 1.18 bits per heavy atom. The molecule has 3 rings (SSSR count). The summed E-state index contributed by atoms with van der Waals surface area (Å²) >= 11 is 3.44. The number of carbonyl (C=O) groups excluding carboxylic acids is 1. The van der Waals surface area contributed by atoms with Crippen LogP contribution in [0.4, 0.5) is 0 Å². The van der Waals surface area contributed by atoms with Gasteiger partial charge in [-0.15, -0.1) is 0 Å². The van der Waals surface area contributed by atoms with Crippen molar-refractivity contribution < 1.29 is 4.79 Å². The summed E-state index contributed by atoms with van der Waals surface area (Å²) in [4.78, 5) is 12.4. The van der Waals surface area contributed by atoms with Crippen LogP contribution in [-0.4, -0.2) is 18.5 Å². The van der Waals surface area contributed by atoms with E-state index < -0.39 is 0 Å². The summed E-state index contributed by atoms with van der Waals surface area (Å²) in [5, 5.41) is 3.13. The van der Waals surface area contributed by atoms with E-state index in [9.17, 15) is 4.79 Å². The third-order valence-electron chi connectivity index (χ3n) is 5.41. The van der Waals surface area contributed by atoms with Crippen LogP contribution in [0.1, 0.15) is 37.7 Å². The number of halogens is 1. The van der Waals surface area contributed by atoms with Gasteiger partial charge >= 0.3 is 0 Å². The Hall–Kier alpha value is -0.870. The molecule has 0 radical (unpaired) electrons. The molecule has 2 atom stereocenters. The molecule has 2 saturated carbocycles. The fraction of sp³-hybridized carbons (Fsp3) is 0.611. The molecule has 1 aromatic rings. The van der Waals surface area contributed by atoms with Gasteiger partial charge in [-0.05, 0) is 61.6 Å². The van der Waals surface area contributed by atoms with Crippen molar-refractivity contribution in [2.24, 2.45) is 23.5 Å². The summed E-state index contributed by atoms with van der Waals surface area (Å²) in [5.41, 5.74) is 7.55. The Labute approximate surface area is 141 Å². The van der Waals surface area contributed by atoms with Crippen molar-refractivity contribution in [3.05, 3.63) is 34.3 Å².